The average molecular weight is 382 g/mol. The van der Waals surface area contributed by atoms with Crippen LogP contribution < -0.4 is 9.47 Å². The van der Waals surface area contributed by atoms with Gasteiger partial charge >= 0.3 is 6.36 Å². The van der Waals surface area contributed by atoms with Crippen molar-refractivity contribution in [3.05, 3.63) is 40.4 Å². The Kier molecular flexibility index (Phi) is 4.08. The quantitative estimate of drug-likeness (QED) is 0.759. The van der Waals surface area contributed by atoms with E-state index in [-0.39, 0.29) is 5.75 Å². The highest BCUT2D eigenvalue weighted by atomic mass is 127. The minimum Gasteiger partial charge on any atom is -0.438 e. The number of nitrogens with zero attached hydrogens (tertiary/aromatic N) is 2. The lowest BCUT2D eigenvalue weighted by Gasteiger charge is -2.09. The molecular formula is C11H6F3IN2O2. The Morgan fingerprint density at radius 1 is 1.05 bits per heavy atom. The van der Waals surface area contributed by atoms with E-state index in [1.165, 1.54) is 18.5 Å². The van der Waals surface area contributed by atoms with Gasteiger partial charge in [-0.05, 0) is 46.9 Å². The van der Waals surface area contributed by atoms with Crippen LogP contribution in [-0.2, 0) is 0 Å². The van der Waals surface area contributed by atoms with E-state index in [2.05, 4.69) is 14.7 Å². The lowest BCUT2D eigenvalue weighted by Crippen LogP contribution is -2.16. The molecule has 2 aromatic rings. The minimum absolute atomic E-state index is 0.308. The second kappa shape index (κ2) is 5.59. The van der Waals surface area contributed by atoms with Gasteiger partial charge in [-0.2, -0.15) is 0 Å². The van der Waals surface area contributed by atoms with Crippen LogP contribution in [0.5, 0.6) is 17.4 Å². The normalized spacial score (nSPS) is 11.2. The van der Waals surface area contributed by atoms with E-state index < -0.39 is 6.36 Å². The number of alkyl halides is 3. The Morgan fingerprint density at radius 2 is 1.68 bits per heavy atom. The summed E-state index contributed by atoms with van der Waals surface area (Å²) in [6.45, 7) is 0. The third-order valence-corrected chi connectivity index (χ3v) is 2.65. The van der Waals surface area contributed by atoms with Gasteiger partial charge in [0.1, 0.15) is 17.8 Å². The summed E-state index contributed by atoms with van der Waals surface area (Å²) in [5, 5.41) is 0. The van der Waals surface area contributed by atoms with E-state index in [4.69, 9.17) is 4.74 Å². The lowest BCUT2D eigenvalue weighted by molar-refractivity contribution is -0.274. The van der Waals surface area contributed by atoms with Crippen molar-refractivity contribution in [3.8, 4) is 17.4 Å². The van der Waals surface area contributed by atoms with E-state index in [1.54, 1.807) is 6.20 Å². The molecule has 0 aliphatic heterocycles. The number of aromatic nitrogens is 2. The Hall–Kier alpha value is -1.58. The van der Waals surface area contributed by atoms with E-state index in [1.807, 2.05) is 22.6 Å². The zero-order valence-corrected chi connectivity index (χ0v) is 11.3. The molecule has 8 heteroatoms. The molecule has 0 atom stereocenters. The summed E-state index contributed by atoms with van der Waals surface area (Å²) >= 11 is 1.99. The average Bonchev–Trinajstić information content (AvgIpc) is 2.33. The molecule has 1 aromatic carbocycles. The van der Waals surface area contributed by atoms with Crippen molar-refractivity contribution in [2.24, 2.45) is 0 Å². The van der Waals surface area contributed by atoms with Gasteiger partial charge in [0.25, 0.3) is 0 Å². The first-order valence-corrected chi connectivity index (χ1v) is 6.01. The fourth-order valence-electron chi connectivity index (χ4n) is 1.20. The van der Waals surface area contributed by atoms with Gasteiger partial charge in [0.2, 0.25) is 5.88 Å². The summed E-state index contributed by atoms with van der Waals surface area (Å²) in [6.07, 6.45) is -1.83. The van der Waals surface area contributed by atoms with Crippen LogP contribution in [0.4, 0.5) is 13.2 Å². The third kappa shape index (κ3) is 4.23. The van der Waals surface area contributed by atoms with Crippen LogP contribution in [0, 0.1) is 3.57 Å². The van der Waals surface area contributed by atoms with E-state index in [9.17, 15) is 13.2 Å². The molecule has 2 rings (SSSR count). The van der Waals surface area contributed by atoms with Crippen molar-refractivity contribution in [2.45, 2.75) is 6.36 Å². The van der Waals surface area contributed by atoms with Crippen molar-refractivity contribution >= 4 is 22.6 Å². The van der Waals surface area contributed by atoms with Crippen molar-refractivity contribution in [1.29, 1.82) is 0 Å². The number of benzene rings is 1. The molecule has 19 heavy (non-hydrogen) atoms. The SMILES string of the molecule is FC(F)(F)Oc1ccc(Oc2ncncc2I)cc1. The molecule has 100 valence electrons. The molecule has 0 fully saturated rings. The zero-order valence-electron chi connectivity index (χ0n) is 9.19. The van der Waals surface area contributed by atoms with Crippen LogP contribution in [0.15, 0.2) is 36.8 Å². The van der Waals surface area contributed by atoms with Gasteiger partial charge in [0, 0.05) is 6.20 Å². The predicted octanol–water partition coefficient (Wildman–Crippen LogP) is 3.77. The van der Waals surface area contributed by atoms with E-state index >= 15 is 0 Å². The maximum atomic E-state index is 12.0. The predicted molar refractivity (Wildman–Crippen MR) is 67.9 cm³/mol. The van der Waals surface area contributed by atoms with Crippen molar-refractivity contribution in [2.75, 3.05) is 0 Å². The molecule has 0 bridgehead atoms. The Morgan fingerprint density at radius 3 is 2.26 bits per heavy atom. The molecule has 0 spiro atoms. The summed E-state index contributed by atoms with van der Waals surface area (Å²) in [5.74, 6) is 0.378. The molecule has 0 saturated heterocycles. The maximum Gasteiger partial charge on any atom is 0.573 e. The van der Waals surface area contributed by atoms with Crippen molar-refractivity contribution in [3.63, 3.8) is 0 Å². The molecule has 1 heterocycles. The third-order valence-electron chi connectivity index (χ3n) is 1.91. The Bertz CT molecular complexity index is 561. The zero-order chi connectivity index (χ0) is 13.9. The van der Waals surface area contributed by atoms with Crippen molar-refractivity contribution in [1.82, 2.24) is 9.97 Å². The van der Waals surface area contributed by atoms with E-state index in [0.717, 1.165) is 12.1 Å². The highest BCUT2D eigenvalue weighted by Gasteiger charge is 2.30. The number of ether oxygens (including phenoxy) is 2. The molecule has 4 nitrogen and oxygen atoms in total. The lowest BCUT2D eigenvalue weighted by atomic mass is 10.3. The van der Waals surface area contributed by atoms with Gasteiger partial charge in [-0.25, -0.2) is 9.97 Å². The van der Waals surface area contributed by atoms with Crippen LogP contribution in [0.3, 0.4) is 0 Å². The smallest absolute Gasteiger partial charge is 0.438 e. The number of hydrogen-bond donors (Lipinski definition) is 0. The summed E-state index contributed by atoms with van der Waals surface area (Å²) in [6, 6.07) is 5.05. The molecule has 0 N–H and O–H groups in total. The van der Waals surface area contributed by atoms with E-state index in [0.29, 0.717) is 15.2 Å². The van der Waals surface area contributed by atoms with Gasteiger partial charge in [-0.15, -0.1) is 13.2 Å². The second-order valence-electron chi connectivity index (χ2n) is 3.30. The first-order chi connectivity index (χ1) is 8.94. The fraction of sp³-hybridized carbons (Fsp3) is 0.0909. The molecule has 0 aliphatic rings. The molecule has 0 radical (unpaired) electrons. The topological polar surface area (TPSA) is 44.2 Å². The minimum atomic E-state index is -4.70. The van der Waals surface area contributed by atoms with Crippen LogP contribution in [0.25, 0.3) is 0 Å². The van der Waals surface area contributed by atoms with Gasteiger partial charge < -0.3 is 9.47 Å². The fourth-order valence-corrected chi connectivity index (χ4v) is 1.61. The van der Waals surface area contributed by atoms with Gasteiger partial charge in [0.05, 0.1) is 3.57 Å². The summed E-state index contributed by atoms with van der Waals surface area (Å²) in [7, 11) is 0. The molecule has 1 aromatic heterocycles. The number of hydrogen-bond acceptors (Lipinski definition) is 4. The van der Waals surface area contributed by atoms with Crippen LogP contribution in [-0.4, -0.2) is 16.3 Å². The molecular weight excluding hydrogens is 376 g/mol. The standard InChI is InChI=1S/C11H6F3IN2O2/c12-11(13,14)19-8-3-1-7(2-4-8)18-10-9(15)5-16-6-17-10/h1-6H. The maximum absolute atomic E-state index is 12.0. The monoisotopic (exact) mass is 382 g/mol. The largest absolute Gasteiger partial charge is 0.573 e. The highest BCUT2D eigenvalue weighted by Crippen LogP contribution is 2.27. The summed E-state index contributed by atoms with van der Waals surface area (Å²) < 4.78 is 45.7. The Balaban J connectivity index is 2.09. The molecule has 0 saturated carbocycles. The van der Waals surface area contributed by atoms with Crippen LogP contribution in [0.2, 0.25) is 0 Å². The number of halogens is 4. The van der Waals surface area contributed by atoms with Gasteiger partial charge in [-0.3, -0.25) is 0 Å². The first-order valence-electron chi connectivity index (χ1n) is 4.93. The summed E-state index contributed by atoms with van der Waals surface area (Å²) in [5.41, 5.74) is 0. The summed E-state index contributed by atoms with van der Waals surface area (Å²) in [4.78, 5) is 7.70. The van der Waals surface area contributed by atoms with Gasteiger partial charge in [-0.1, -0.05) is 0 Å². The van der Waals surface area contributed by atoms with Crippen LogP contribution in [0.1, 0.15) is 0 Å². The molecule has 0 amide bonds. The molecule has 0 aliphatic carbocycles. The first kappa shape index (κ1) is 13.8. The highest BCUT2D eigenvalue weighted by molar-refractivity contribution is 14.1. The van der Waals surface area contributed by atoms with Crippen LogP contribution >= 0.6 is 22.6 Å². The van der Waals surface area contributed by atoms with Crippen molar-refractivity contribution < 1.29 is 22.6 Å². The van der Waals surface area contributed by atoms with Gasteiger partial charge in [0.15, 0.2) is 0 Å². The number of rotatable bonds is 3. The second-order valence-corrected chi connectivity index (χ2v) is 4.46. The Labute approximate surface area is 119 Å². The molecule has 0 unspecified atom stereocenters.